The molecule has 246 valence electrons. The lowest BCUT2D eigenvalue weighted by Crippen LogP contribution is -2.63. The molecular formula is C32H45N5O7S. The van der Waals surface area contributed by atoms with E-state index < -0.39 is 62.1 Å². The van der Waals surface area contributed by atoms with E-state index in [1.54, 1.807) is 26.3 Å². The second-order valence-corrected chi connectivity index (χ2v) is 14.9. The molecular weight excluding hydrogens is 598 g/mol. The predicted octanol–water partition coefficient (Wildman–Crippen LogP) is 2.80. The molecule has 0 unspecified atom stereocenters. The van der Waals surface area contributed by atoms with Crippen molar-refractivity contribution in [2.45, 2.75) is 95.2 Å². The summed E-state index contributed by atoms with van der Waals surface area (Å²) in [6.07, 6.45) is 4.33. The molecule has 1 aromatic heterocycles. The molecule has 4 atom stereocenters. The van der Waals surface area contributed by atoms with Crippen molar-refractivity contribution in [3.8, 4) is 11.6 Å². The van der Waals surface area contributed by atoms with Gasteiger partial charge in [-0.15, -0.1) is 6.58 Å². The number of benzene rings is 1. The third kappa shape index (κ3) is 7.25. The molecule has 2 aromatic rings. The van der Waals surface area contributed by atoms with Crippen molar-refractivity contribution in [2.24, 2.45) is 11.1 Å². The van der Waals surface area contributed by atoms with Gasteiger partial charge in [-0.2, -0.15) is 0 Å². The minimum atomic E-state index is -3.91. The molecule has 1 aliphatic carbocycles. The number of nitrogens with one attached hydrogen (secondary N) is 2. The monoisotopic (exact) mass is 643 g/mol. The SMILES string of the molecule is C=CC[C@@](CC)(NC(=O)[C@@H]1C[C@@H](Oc2nccc3cc(OC)ccc23)CN1C(=O)[C@@H](N)C(C)(C)C)C(=O)NS(=O)(=O)C1CCC1. The van der Waals surface area contributed by atoms with Gasteiger partial charge in [-0.1, -0.05) is 40.2 Å². The van der Waals surface area contributed by atoms with Crippen molar-refractivity contribution in [1.29, 1.82) is 0 Å². The Hall–Kier alpha value is -3.71. The van der Waals surface area contributed by atoms with E-state index in [0.29, 0.717) is 24.5 Å². The van der Waals surface area contributed by atoms with Crippen LogP contribution in [0.5, 0.6) is 11.6 Å². The van der Waals surface area contributed by atoms with E-state index in [9.17, 15) is 22.8 Å². The Morgan fingerprint density at radius 1 is 1.22 bits per heavy atom. The maximum atomic E-state index is 14.0. The maximum absolute atomic E-state index is 14.0. The Bertz CT molecular complexity index is 1550. The topological polar surface area (TPSA) is 170 Å². The van der Waals surface area contributed by atoms with Crippen LogP contribution in [-0.2, 0) is 24.4 Å². The number of fused-ring (bicyclic) bond motifs is 1. The number of likely N-dealkylation sites (tertiary alicyclic amines) is 1. The van der Waals surface area contributed by atoms with Gasteiger partial charge in [-0.25, -0.2) is 13.4 Å². The standard InChI is InChI=1S/C32H45N5O7S/c1-7-15-32(8-2,30(40)36-45(41,42)23-10-9-11-23)35-27(38)25-18-22(19-37(25)29(39)26(33)31(3,4)5)44-28-24-13-12-21(43-6)17-20(24)14-16-34-28/h7,12-14,16-17,22-23,25-26H,1,8-11,15,18-19,33H2,2-6H3,(H,35,38)(H,36,40)/t22-,25+,26-,32-/m1/s1. The Morgan fingerprint density at radius 2 is 1.93 bits per heavy atom. The summed E-state index contributed by atoms with van der Waals surface area (Å²) in [4.78, 5) is 47.1. The van der Waals surface area contributed by atoms with Crippen LogP contribution in [0.1, 0.15) is 66.2 Å². The zero-order chi connectivity index (χ0) is 33.2. The molecule has 0 bridgehead atoms. The number of hydrogen-bond donors (Lipinski definition) is 3. The number of sulfonamides is 1. The molecule has 2 aliphatic rings. The van der Waals surface area contributed by atoms with Crippen LogP contribution in [0, 0.1) is 5.41 Å². The Balaban J connectivity index is 1.62. The summed E-state index contributed by atoms with van der Waals surface area (Å²) in [7, 11) is -2.33. The molecule has 1 aromatic carbocycles. The number of hydrogen-bond acceptors (Lipinski definition) is 9. The first-order chi connectivity index (χ1) is 21.2. The molecule has 2 fully saturated rings. The number of carbonyl (C=O) groups excluding carboxylic acids is 3. The zero-order valence-electron chi connectivity index (χ0n) is 26.7. The lowest BCUT2D eigenvalue weighted by molar-refractivity contribution is -0.143. The van der Waals surface area contributed by atoms with Crippen LogP contribution in [0.2, 0.25) is 0 Å². The van der Waals surface area contributed by atoms with Crippen molar-refractivity contribution in [1.82, 2.24) is 19.9 Å². The molecule has 3 amide bonds. The maximum Gasteiger partial charge on any atom is 0.259 e. The van der Waals surface area contributed by atoms with E-state index in [4.69, 9.17) is 15.2 Å². The van der Waals surface area contributed by atoms with Crippen LogP contribution in [0.3, 0.4) is 0 Å². The first-order valence-electron chi connectivity index (χ1n) is 15.3. The third-order valence-corrected chi connectivity index (χ3v) is 10.7. The minimum Gasteiger partial charge on any atom is -0.497 e. The molecule has 1 saturated heterocycles. The number of pyridine rings is 1. The summed E-state index contributed by atoms with van der Waals surface area (Å²) in [5, 5.41) is 3.74. The molecule has 0 radical (unpaired) electrons. The summed E-state index contributed by atoms with van der Waals surface area (Å²) in [5.74, 6) is -0.883. The van der Waals surface area contributed by atoms with Crippen LogP contribution >= 0.6 is 0 Å². The molecule has 0 spiro atoms. The number of amides is 3. The van der Waals surface area contributed by atoms with Gasteiger partial charge >= 0.3 is 0 Å². The lowest BCUT2D eigenvalue weighted by atomic mass is 9.86. The normalized spacial score (nSPS) is 20.9. The van der Waals surface area contributed by atoms with Gasteiger partial charge in [0.2, 0.25) is 27.7 Å². The first-order valence-corrected chi connectivity index (χ1v) is 16.8. The highest BCUT2D eigenvalue weighted by Crippen LogP contribution is 2.32. The number of nitrogens with zero attached hydrogens (tertiary/aromatic N) is 2. The molecule has 13 heteroatoms. The first kappa shape index (κ1) is 34.2. The van der Waals surface area contributed by atoms with Crippen LogP contribution in [0.4, 0.5) is 0 Å². The van der Waals surface area contributed by atoms with Crippen molar-refractivity contribution in [3.05, 3.63) is 43.1 Å². The van der Waals surface area contributed by atoms with Crippen molar-refractivity contribution in [3.63, 3.8) is 0 Å². The molecule has 45 heavy (non-hydrogen) atoms. The summed E-state index contributed by atoms with van der Waals surface area (Å²) < 4.78 is 39.5. The summed E-state index contributed by atoms with van der Waals surface area (Å²) in [6.45, 7) is 11.0. The van der Waals surface area contributed by atoms with E-state index >= 15 is 0 Å². The second-order valence-electron chi connectivity index (χ2n) is 13.0. The van der Waals surface area contributed by atoms with Crippen LogP contribution < -0.4 is 25.2 Å². The Labute approximate surface area is 265 Å². The highest BCUT2D eigenvalue weighted by molar-refractivity contribution is 7.90. The van der Waals surface area contributed by atoms with E-state index in [1.165, 1.54) is 11.0 Å². The number of rotatable bonds is 12. The van der Waals surface area contributed by atoms with Crippen LogP contribution in [0.15, 0.2) is 43.1 Å². The largest absolute Gasteiger partial charge is 0.497 e. The summed E-state index contributed by atoms with van der Waals surface area (Å²) in [6, 6.07) is 5.34. The van der Waals surface area contributed by atoms with Crippen molar-refractivity contribution < 1.29 is 32.3 Å². The van der Waals surface area contributed by atoms with Gasteiger partial charge in [-0.3, -0.25) is 19.1 Å². The second kappa shape index (κ2) is 13.3. The Morgan fingerprint density at radius 3 is 2.51 bits per heavy atom. The smallest absolute Gasteiger partial charge is 0.259 e. The molecule has 12 nitrogen and oxygen atoms in total. The van der Waals surface area contributed by atoms with Crippen LogP contribution in [-0.4, -0.2) is 78.7 Å². The average Bonchev–Trinajstić information content (AvgIpc) is 3.37. The van der Waals surface area contributed by atoms with Gasteiger partial charge in [0.15, 0.2) is 0 Å². The number of carbonyl (C=O) groups is 3. The summed E-state index contributed by atoms with van der Waals surface area (Å²) >= 11 is 0. The van der Waals surface area contributed by atoms with Gasteiger partial charge in [0.25, 0.3) is 5.91 Å². The number of nitrogens with two attached hydrogens (primary N) is 1. The van der Waals surface area contributed by atoms with Gasteiger partial charge in [0, 0.05) is 18.0 Å². The minimum absolute atomic E-state index is 0.0211. The zero-order valence-corrected chi connectivity index (χ0v) is 27.5. The average molecular weight is 644 g/mol. The van der Waals surface area contributed by atoms with E-state index in [1.807, 2.05) is 39.0 Å². The molecule has 4 N–H and O–H groups in total. The predicted molar refractivity (Wildman–Crippen MR) is 171 cm³/mol. The van der Waals surface area contributed by atoms with Gasteiger partial charge < -0.3 is 25.4 Å². The molecule has 4 rings (SSSR count). The lowest BCUT2D eigenvalue weighted by Gasteiger charge is -2.36. The highest BCUT2D eigenvalue weighted by atomic mass is 32.2. The summed E-state index contributed by atoms with van der Waals surface area (Å²) in [5.41, 5.74) is 4.17. The van der Waals surface area contributed by atoms with E-state index in [2.05, 4.69) is 21.6 Å². The number of ether oxygens (including phenoxy) is 2. The quantitative estimate of drug-likeness (QED) is 0.294. The molecule has 1 saturated carbocycles. The van der Waals surface area contributed by atoms with E-state index in [0.717, 1.165) is 17.2 Å². The van der Waals surface area contributed by atoms with Crippen LogP contribution in [0.25, 0.3) is 10.8 Å². The Kier molecular flexibility index (Phi) is 10.1. The number of methoxy groups -OCH3 is 1. The fourth-order valence-corrected chi connectivity index (χ4v) is 7.16. The third-order valence-electron chi connectivity index (χ3n) is 8.88. The van der Waals surface area contributed by atoms with Gasteiger partial charge in [-0.05, 0) is 60.7 Å². The van der Waals surface area contributed by atoms with Gasteiger partial charge in [0.1, 0.15) is 23.4 Å². The fourth-order valence-electron chi connectivity index (χ4n) is 5.58. The molecule has 2 heterocycles. The molecule has 1 aliphatic heterocycles. The van der Waals surface area contributed by atoms with Gasteiger partial charge in [0.05, 0.1) is 24.9 Å². The van der Waals surface area contributed by atoms with E-state index in [-0.39, 0.29) is 25.8 Å². The number of aromatic nitrogens is 1. The fraction of sp³-hybridized carbons (Fsp3) is 0.562. The van der Waals surface area contributed by atoms with Crippen molar-refractivity contribution in [2.75, 3.05) is 13.7 Å². The highest BCUT2D eigenvalue weighted by Gasteiger charge is 2.48. The van der Waals surface area contributed by atoms with Crippen molar-refractivity contribution >= 4 is 38.5 Å².